The lowest BCUT2D eigenvalue weighted by molar-refractivity contribution is 0.0527. The van der Waals surface area contributed by atoms with Gasteiger partial charge in [-0.05, 0) is 19.1 Å². The van der Waals surface area contributed by atoms with Gasteiger partial charge in [-0.3, -0.25) is 4.98 Å². The lowest BCUT2D eigenvalue weighted by Gasteiger charge is -2.10. The molecule has 3 rings (SSSR count). The second kappa shape index (κ2) is 5.71. The first kappa shape index (κ1) is 13.2. The number of hydrogen-bond donors (Lipinski definition) is 0. The maximum absolute atomic E-state index is 12.2. The van der Waals surface area contributed by atoms with Crippen molar-refractivity contribution in [3.05, 3.63) is 60.4 Å². The Morgan fingerprint density at radius 3 is 2.76 bits per heavy atom. The zero-order valence-electron chi connectivity index (χ0n) is 11.6. The summed E-state index contributed by atoms with van der Waals surface area (Å²) in [5.41, 5.74) is 2.78. The smallest absolute Gasteiger partial charge is 0.340 e. The van der Waals surface area contributed by atoms with Crippen LogP contribution in [0, 0.1) is 0 Å². The van der Waals surface area contributed by atoms with Crippen molar-refractivity contribution >= 4 is 16.9 Å². The Hall–Kier alpha value is -2.75. The summed E-state index contributed by atoms with van der Waals surface area (Å²) < 4.78 is 5.14. The van der Waals surface area contributed by atoms with Gasteiger partial charge in [0, 0.05) is 23.3 Å². The Labute approximate surface area is 122 Å². The molecule has 2 heterocycles. The highest BCUT2D eigenvalue weighted by Crippen LogP contribution is 2.25. The van der Waals surface area contributed by atoms with E-state index in [1.165, 1.54) is 0 Å². The van der Waals surface area contributed by atoms with E-state index in [-0.39, 0.29) is 5.97 Å². The molecule has 104 valence electrons. The van der Waals surface area contributed by atoms with Crippen molar-refractivity contribution in [1.29, 1.82) is 0 Å². The lowest BCUT2D eigenvalue weighted by Crippen LogP contribution is -2.08. The minimum absolute atomic E-state index is 0.331. The van der Waals surface area contributed by atoms with Gasteiger partial charge in [0.25, 0.3) is 0 Å². The molecular weight excluding hydrogens is 264 g/mol. The summed E-state index contributed by atoms with van der Waals surface area (Å²) >= 11 is 0. The molecule has 0 saturated carbocycles. The van der Waals surface area contributed by atoms with Crippen LogP contribution in [0.5, 0.6) is 0 Å². The third kappa shape index (κ3) is 2.60. The van der Waals surface area contributed by atoms with Gasteiger partial charge >= 0.3 is 5.97 Å². The van der Waals surface area contributed by atoms with Crippen LogP contribution in [0.1, 0.15) is 17.3 Å². The van der Waals surface area contributed by atoms with E-state index in [1.54, 1.807) is 25.4 Å². The average Bonchev–Trinajstić information content (AvgIpc) is 2.54. The molecule has 0 bridgehead atoms. The number of nitrogens with zero attached hydrogens (tertiary/aromatic N) is 2. The van der Waals surface area contributed by atoms with Crippen LogP contribution in [0.25, 0.3) is 22.2 Å². The predicted molar refractivity (Wildman–Crippen MR) is 80.9 cm³/mol. The van der Waals surface area contributed by atoms with Crippen LogP contribution >= 0.6 is 0 Å². The number of fused-ring (bicyclic) bond motifs is 1. The molecular formula is C17H14N2O2. The fourth-order valence-electron chi connectivity index (χ4n) is 2.20. The van der Waals surface area contributed by atoms with Crippen LogP contribution < -0.4 is 0 Å². The second-order valence-electron chi connectivity index (χ2n) is 4.54. The van der Waals surface area contributed by atoms with Crippen LogP contribution in [0.2, 0.25) is 0 Å². The lowest BCUT2D eigenvalue weighted by atomic mass is 10.0. The molecule has 0 amide bonds. The highest BCUT2D eigenvalue weighted by Gasteiger charge is 2.16. The summed E-state index contributed by atoms with van der Waals surface area (Å²) in [6.07, 6.45) is 3.38. The van der Waals surface area contributed by atoms with E-state index < -0.39 is 0 Å². The van der Waals surface area contributed by atoms with Crippen LogP contribution in [0.15, 0.2) is 54.9 Å². The summed E-state index contributed by atoms with van der Waals surface area (Å²) in [4.78, 5) is 20.9. The van der Waals surface area contributed by atoms with E-state index >= 15 is 0 Å². The number of aromatic nitrogens is 2. The number of ether oxygens (including phenoxy) is 1. The molecule has 1 aromatic carbocycles. The molecule has 2 aromatic heterocycles. The monoisotopic (exact) mass is 278 g/mol. The van der Waals surface area contributed by atoms with E-state index in [1.807, 2.05) is 36.4 Å². The third-order valence-electron chi connectivity index (χ3n) is 3.16. The van der Waals surface area contributed by atoms with Crippen molar-refractivity contribution in [2.45, 2.75) is 6.92 Å². The number of benzene rings is 1. The summed E-state index contributed by atoms with van der Waals surface area (Å²) in [5.74, 6) is -0.366. The highest BCUT2D eigenvalue weighted by atomic mass is 16.5. The number of carbonyl (C=O) groups is 1. The SMILES string of the molecule is CCOC(=O)c1cc2cnccc2nc1-c1ccccc1. The van der Waals surface area contributed by atoms with Gasteiger partial charge in [0.1, 0.15) is 0 Å². The summed E-state index contributed by atoms with van der Waals surface area (Å²) in [6.45, 7) is 2.12. The molecule has 0 unspecified atom stereocenters. The number of hydrogen-bond acceptors (Lipinski definition) is 4. The maximum Gasteiger partial charge on any atom is 0.340 e. The van der Waals surface area contributed by atoms with Crippen molar-refractivity contribution in [3.8, 4) is 11.3 Å². The number of esters is 1. The van der Waals surface area contributed by atoms with Gasteiger partial charge in [0.2, 0.25) is 0 Å². The van der Waals surface area contributed by atoms with Gasteiger partial charge in [-0.25, -0.2) is 9.78 Å². The zero-order chi connectivity index (χ0) is 14.7. The first-order chi connectivity index (χ1) is 10.3. The molecule has 0 fully saturated rings. The van der Waals surface area contributed by atoms with Crippen molar-refractivity contribution < 1.29 is 9.53 Å². The van der Waals surface area contributed by atoms with E-state index in [0.29, 0.717) is 17.9 Å². The standard InChI is InChI=1S/C17H14N2O2/c1-2-21-17(20)14-10-13-11-18-9-8-15(13)19-16(14)12-6-4-3-5-7-12/h3-11H,2H2,1H3. The minimum atomic E-state index is -0.366. The Balaban J connectivity index is 2.24. The Morgan fingerprint density at radius 2 is 2.00 bits per heavy atom. The summed E-state index contributed by atoms with van der Waals surface area (Å²) in [5, 5.41) is 0.820. The first-order valence-corrected chi connectivity index (χ1v) is 6.77. The van der Waals surface area contributed by atoms with Gasteiger partial charge in [-0.1, -0.05) is 30.3 Å². The van der Waals surface area contributed by atoms with Crippen molar-refractivity contribution in [2.75, 3.05) is 6.61 Å². The summed E-state index contributed by atoms with van der Waals surface area (Å²) in [6, 6.07) is 13.2. The van der Waals surface area contributed by atoms with Gasteiger partial charge < -0.3 is 4.74 Å². The van der Waals surface area contributed by atoms with Crippen LogP contribution in [-0.4, -0.2) is 22.5 Å². The molecule has 0 aliphatic rings. The van der Waals surface area contributed by atoms with Crippen LogP contribution in [0.3, 0.4) is 0 Å². The predicted octanol–water partition coefficient (Wildman–Crippen LogP) is 3.47. The largest absolute Gasteiger partial charge is 0.462 e. The molecule has 0 spiro atoms. The van der Waals surface area contributed by atoms with Crippen LogP contribution in [0.4, 0.5) is 0 Å². The summed E-state index contributed by atoms with van der Waals surface area (Å²) in [7, 11) is 0. The van der Waals surface area contributed by atoms with Gasteiger partial charge in [0.05, 0.1) is 23.4 Å². The zero-order valence-corrected chi connectivity index (χ0v) is 11.6. The molecule has 21 heavy (non-hydrogen) atoms. The van der Waals surface area contributed by atoms with Gasteiger partial charge in [-0.2, -0.15) is 0 Å². The van der Waals surface area contributed by atoms with Crippen molar-refractivity contribution in [3.63, 3.8) is 0 Å². The van der Waals surface area contributed by atoms with Crippen molar-refractivity contribution in [2.24, 2.45) is 0 Å². The minimum Gasteiger partial charge on any atom is -0.462 e. The third-order valence-corrected chi connectivity index (χ3v) is 3.16. The second-order valence-corrected chi connectivity index (χ2v) is 4.54. The molecule has 0 atom stereocenters. The number of rotatable bonds is 3. The normalized spacial score (nSPS) is 10.5. The molecule has 4 nitrogen and oxygen atoms in total. The molecule has 4 heteroatoms. The average molecular weight is 278 g/mol. The fraction of sp³-hybridized carbons (Fsp3) is 0.118. The quantitative estimate of drug-likeness (QED) is 0.688. The molecule has 0 N–H and O–H groups in total. The van der Waals surface area contributed by atoms with Crippen LogP contribution in [-0.2, 0) is 4.74 Å². The Bertz CT molecular complexity index is 785. The number of carbonyl (C=O) groups excluding carboxylic acids is 1. The van der Waals surface area contributed by atoms with Crippen molar-refractivity contribution in [1.82, 2.24) is 9.97 Å². The molecule has 0 radical (unpaired) electrons. The maximum atomic E-state index is 12.2. The fourth-order valence-corrected chi connectivity index (χ4v) is 2.20. The van der Waals surface area contributed by atoms with E-state index in [4.69, 9.17) is 4.74 Å². The molecule has 0 aliphatic heterocycles. The molecule has 3 aromatic rings. The Morgan fingerprint density at radius 1 is 1.19 bits per heavy atom. The topological polar surface area (TPSA) is 52.1 Å². The molecule has 0 saturated heterocycles. The van der Waals surface area contributed by atoms with E-state index in [2.05, 4.69) is 9.97 Å². The van der Waals surface area contributed by atoms with Gasteiger partial charge in [0.15, 0.2) is 0 Å². The number of pyridine rings is 2. The molecule has 0 aliphatic carbocycles. The first-order valence-electron chi connectivity index (χ1n) is 6.77. The Kier molecular flexibility index (Phi) is 3.60. The van der Waals surface area contributed by atoms with E-state index in [9.17, 15) is 4.79 Å². The highest BCUT2D eigenvalue weighted by molar-refractivity contribution is 6.00. The van der Waals surface area contributed by atoms with Gasteiger partial charge in [-0.15, -0.1) is 0 Å². The van der Waals surface area contributed by atoms with E-state index in [0.717, 1.165) is 16.5 Å².